The van der Waals surface area contributed by atoms with Crippen LogP contribution in [0.1, 0.15) is 39.8 Å². The summed E-state index contributed by atoms with van der Waals surface area (Å²) in [5.41, 5.74) is 9.50. The smallest absolute Gasteiger partial charge is 0.244 e. The molecule has 0 aromatic heterocycles. The first-order chi connectivity index (χ1) is 14.0. The minimum Gasteiger partial charge on any atom is -0.273 e. The van der Waals surface area contributed by atoms with Crippen molar-refractivity contribution in [3.8, 4) is 0 Å². The Bertz CT molecular complexity index is 992. The molecule has 1 amide bonds. The van der Waals surface area contributed by atoms with Gasteiger partial charge in [0.05, 0.1) is 12.1 Å². The standard InChI is InChI=1S/C26H26N2O/c1-18-14-19(2)23(20(3)15-18)17-27-28-25(29)24-16-26(24,21-10-6-4-7-11-21)22-12-8-5-9-13-22/h4-15,17,24H,16H2,1-3H3,(H,28,29)/b27-17-/t24-/m0/s1. The lowest BCUT2D eigenvalue weighted by Gasteiger charge is -2.18. The van der Waals surface area contributed by atoms with Gasteiger partial charge in [-0.15, -0.1) is 0 Å². The lowest BCUT2D eigenvalue weighted by Crippen LogP contribution is -2.25. The zero-order chi connectivity index (χ0) is 20.4. The van der Waals surface area contributed by atoms with Crippen LogP contribution < -0.4 is 5.43 Å². The number of hydrogen-bond acceptors (Lipinski definition) is 2. The molecule has 146 valence electrons. The van der Waals surface area contributed by atoms with E-state index < -0.39 is 0 Å². The lowest BCUT2D eigenvalue weighted by atomic mass is 9.85. The maximum atomic E-state index is 13.0. The predicted molar refractivity (Wildman–Crippen MR) is 118 cm³/mol. The number of amides is 1. The molecule has 3 aromatic carbocycles. The molecule has 29 heavy (non-hydrogen) atoms. The summed E-state index contributed by atoms with van der Waals surface area (Å²) in [5, 5.41) is 4.28. The van der Waals surface area contributed by atoms with Gasteiger partial charge >= 0.3 is 0 Å². The summed E-state index contributed by atoms with van der Waals surface area (Å²) >= 11 is 0. The largest absolute Gasteiger partial charge is 0.273 e. The van der Waals surface area contributed by atoms with Gasteiger partial charge < -0.3 is 0 Å². The summed E-state index contributed by atoms with van der Waals surface area (Å²) in [4.78, 5) is 13.0. The molecule has 3 nitrogen and oxygen atoms in total. The number of benzene rings is 3. The fraction of sp³-hybridized carbons (Fsp3) is 0.231. The molecule has 1 atom stereocenters. The Morgan fingerprint density at radius 1 is 0.931 bits per heavy atom. The minimum absolute atomic E-state index is 0.0311. The number of hydrazone groups is 1. The summed E-state index contributed by atoms with van der Waals surface area (Å²) < 4.78 is 0. The Morgan fingerprint density at radius 2 is 1.45 bits per heavy atom. The first-order valence-corrected chi connectivity index (χ1v) is 10.0. The van der Waals surface area contributed by atoms with Crippen LogP contribution in [-0.4, -0.2) is 12.1 Å². The van der Waals surface area contributed by atoms with Gasteiger partial charge in [0.15, 0.2) is 0 Å². The number of carbonyl (C=O) groups is 1. The number of hydrogen-bond donors (Lipinski definition) is 1. The van der Waals surface area contributed by atoms with Crippen LogP contribution in [0.4, 0.5) is 0 Å². The van der Waals surface area contributed by atoms with Crippen molar-refractivity contribution in [2.24, 2.45) is 11.0 Å². The van der Waals surface area contributed by atoms with Crippen LogP contribution in [0, 0.1) is 26.7 Å². The third kappa shape index (κ3) is 3.61. The van der Waals surface area contributed by atoms with E-state index in [0.717, 1.165) is 23.1 Å². The number of nitrogens with one attached hydrogen (secondary N) is 1. The van der Waals surface area contributed by atoms with E-state index in [9.17, 15) is 4.79 Å². The Labute approximate surface area is 172 Å². The number of nitrogens with zero attached hydrogens (tertiary/aromatic N) is 1. The second-order valence-corrected chi connectivity index (χ2v) is 8.01. The number of aryl methyl sites for hydroxylation is 3. The van der Waals surface area contributed by atoms with E-state index in [1.165, 1.54) is 16.7 Å². The average Bonchev–Trinajstić information content (AvgIpc) is 3.48. The van der Waals surface area contributed by atoms with Crippen molar-refractivity contribution in [3.05, 3.63) is 106 Å². The SMILES string of the molecule is Cc1cc(C)c(/C=N\NC(=O)[C@@H]2CC2(c2ccccc2)c2ccccc2)c(C)c1. The summed E-state index contributed by atoms with van der Waals surface area (Å²) in [6.07, 6.45) is 2.56. The van der Waals surface area contributed by atoms with E-state index in [4.69, 9.17) is 0 Å². The first-order valence-electron chi connectivity index (χ1n) is 10.0. The van der Waals surface area contributed by atoms with Crippen LogP contribution >= 0.6 is 0 Å². The van der Waals surface area contributed by atoms with Crippen molar-refractivity contribution in [1.29, 1.82) is 0 Å². The molecule has 1 N–H and O–H groups in total. The molecule has 0 radical (unpaired) electrons. The summed E-state index contributed by atoms with van der Waals surface area (Å²) in [6, 6.07) is 24.9. The Balaban J connectivity index is 1.55. The Hall–Kier alpha value is -3.20. The predicted octanol–water partition coefficient (Wildman–Crippen LogP) is 5.07. The molecule has 0 bridgehead atoms. The molecule has 1 saturated carbocycles. The highest BCUT2D eigenvalue weighted by Gasteiger charge is 2.60. The molecular formula is C26H26N2O. The van der Waals surface area contributed by atoms with E-state index in [1.54, 1.807) is 6.21 Å². The molecule has 0 saturated heterocycles. The molecule has 0 aliphatic heterocycles. The lowest BCUT2D eigenvalue weighted by molar-refractivity contribution is -0.122. The number of rotatable bonds is 5. The van der Waals surface area contributed by atoms with Gasteiger partial charge in [0.1, 0.15) is 0 Å². The van der Waals surface area contributed by atoms with Gasteiger partial charge in [-0.1, -0.05) is 78.4 Å². The number of carbonyl (C=O) groups excluding carboxylic acids is 1. The van der Waals surface area contributed by atoms with Gasteiger partial charge in [-0.05, 0) is 49.4 Å². The molecule has 0 heterocycles. The first kappa shape index (κ1) is 19.1. The maximum absolute atomic E-state index is 13.0. The van der Waals surface area contributed by atoms with E-state index in [-0.39, 0.29) is 17.2 Å². The monoisotopic (exact) mass is 382 g/mol. The third-order valence-electron chi connectivity index (χ3n) is 5.96. The van der Waals surface area contributed by atoms with Gasteiger partial charge in [-0.25, -0.2) is 5.43 Å². The average molecular weight is 383 g/mol. The normalized spacial score (nSPS) is 17.3. The van der Waals surface area contributed by atoms with Crippen LogP contribution in [0.25, 0.3) is 0 Å². The summed E-state index contributed by atoms with van der Waals surface area (Å²) in [7, 11) is 0. The summed E-state index contributed by atoms with van der Waals surface area (Å²) in [6.45, 7) is 6.22. The quantitative estimate of drug-likeness (QED) is 0.486. The van der Waals surface area contributed by atoms with E-state index in [2.05, 4.69) is 67.7 Å². The van der Waals surface area contributed by atoms with Gasteiger partial charge in [-0.2, -0.15) is 5.10 Å². The Kier molecular flexibility index (Phi) is 5.06. The van der Waals surface area contributed by atoms with Crippen molar-refractivity contribution in [2.45, 2.75) is 32.6 Å². The molecule has 3 heteroatoms. The van der Waals surface area contributed by atoms with Crippen LogP contribution in [0.15, 0.2) is 77.9 Å². The van der Waals surface area contributed by atoms with Crippen LogP contribution in [0.3, 0.4) is 0 Å². The topological polar surface area (TPSA) is 41.5 Å². The highest BCUT2D eigenvalue weighted by atomic mass is 16.2. The highest BCUT2D eigenvalue weighted by Crippen LogP contribution is 2.58. The van der Waals surface area contributed by atoms with Crippen molar-refractivity contribution < 1.29 is 4.79 Å². The molecule has 3 aromatic rings. The summed E-state index contributed by atoms with van der Waals surface area (Å²) in [5.74, 6) is -0.152. The Morgan fingerprint density at radius 3 is 1.97 bits per heavy atom. The second-order valence-electron chi connectivity index (χ2n) is 8.01. The minimum atomic E-state index is -0.266. The fourth-order valence-electron chi connectivity index (χ4n) is 4.49. The van der Waals surface area contributed by atoms with Crippen LogP contribution in [0.2, 0.25) is 0 Å². The maximum Gasteiger partial charge on any atom is 0.244 e. The third-order valence-corrected chi connectivity index (χ3v) is 5.96. The zero-order valence-electron chi connectivity index (χ0n) is 17.1. The van der Waals surface area contributed by atoms with E-state index in [0.29, 0.717) is 0 Å². The van der Waals surface area contributed by atoms with Crippen molar-refractivity contribution in [2.75, 3.05) is 0 Å². The van der Waals surface area contributed by atoms with Gasteiger partial charge in [0.2, 0.25) is 5.91 Å². The van der Waals surface area contributed by atoms with Crippen molar-refractivity contribution in [1.82, 2.24) is 5.43 Å². The zero-order valence-corrected chi connectivity index (χ0v) is 17.1. The van der Waals surface area contributed by atoms with Crippen LogP contribution in [0.5, 0.6) is 0 Å². The van der Waals surface area contributed by atoms with Gasteiger partial charge in [0, 0.05) is 11.0 Å². The van der Waals surface area contributed by atoms with Crippen molar-refractivity contribution in [3.63, 3.8) is 0 Å². The van der Waals surface area contributed by atoms with E-state index in [1.807, 2.05) is 36.4 Å². The molecule has 1 aliphatic carbocycles. The fourth-order valence-corrected chi connectivity index (χ4v) is 4.49. The highest BCUT2D eigenvalue weighted by molar-refractivity contribution is 5.88. The van der Waals surface area contributed by atoms with Gasteiger partial charge in [-0.3, -0.25) is 4.79 Å². The molecule has 4 rings (SSSR count). The second kappa shape index (κ2) is 7.67. The van der Waals surface area contributed by atoms with Gasteiger partial charge in [0.25, 0.3) is 0 Å². The van der Waals surface area contributed by atoms with Crippen LogP contribution in [-0.2, 0) is 10.2 Å². The molecular weight excluding hydrogens is 356 g/mol. The molecule has 1 aliphatic rings. The van der Waals surface area contributed by atoms with Crippen molar-refractivity contribution >= 4 is 12.1 Å². The van der Waals surface area contributed by atoms with E-state index >= 15 is 0 Å². The molecule has 1 fully saturated rings. The molecule has 0 spiro atoms. The molecule has 0 unspecified atom stereocenters.